The molecular formula is C24H28O8. The fraction of sp³-hybridized carbons (Fsp3) is 0.458. The van der Waals surface area contributed by atoms with E-state index in [1.54, 1.807) is 18.2 Å². The Hall–Kier alpha value is -2.49. The molecule has 8 nitrogen and oxygen atoms in total. The van der Waals surface area contributed by atoms with E-state index in [0.717, 1.165) is 42.0 Å². The normalized spacial score (nSPS) is 26.0. The smallest absolute Gasteiger partial charge is 0.344 e. The van der Waals surface area contributed by atoms with Gasteiger partial charge in [0.1, 0.15) is 35.7 Å². The van der Waals surface area contributed by atoms with Crippen molar-refractivity contribution in [3.8, 4) is 5.75 Å². The largest absolute Gasteiger partial charge is 0.462 e. The van der Waals surface area contributed by atoms with E-state index in [9.17, 15) is 25.2 Å². The fourth-order valence-electron chi connectivity index (χ4n) is 4.19. The monoisotopic (exact) mass is 444 g/mol. The van der Waals surface area contributed by atoms with Gasteiger partial charge in [-0.2, -0.15) is 0 Å². The molecule has 2 aromatic carbocycles. The fourth-order valence-corrected chi connectivity index (χ4v) is 4.19. The van der Waals surface area contributed by atoms with E-state index < -0.39 is 42.9 Å². The van der Waals surface area contributed by atoms with Crippen LogP contribution in [0.3, 0.4) is 0 Å². The number of fused-ring (bicyclic) bond motifs is 3. The first-order valence-corrected chi connectivity index (χ1v) is 10.9. The van der Waals surface area contributed by atoms with E-state index in [4.69, 9.17) is 13.9 Å². The molecule has 8 heteroatoms. The molecule has 0 aliphatic carbocycles. The highest BCUT2D eigenvalue weighted by Crippen LogP contribution is 2.33. The van der Waals surface area contributed by atoms with Gasteiger partial charge in [-0.25, -0.2) is 4.79 Å². The van der Waals surface area contributed by atoms with Crippen LogP contribution in [0.25, 0.3) is 21.7 Å². The van der Waals surface area contributed by atoms with Crippen molar-refractivity contribution < 1.29 is 34.3 Å². The summed E-state index contributed by atoms with van der Waals surface area (Å²) in [6.07, 6.45) is -3.20. The zero-order chi connectivity index (χ0) is 22.8. The molecule has 172 valence electrons. The Labute approximate surface area is 184 Å². The minimum atomic E-state index is -1.54. The third kappa shape index (κ3) is 4.24. The summed E-state index contributed by atoms with van der Waals surface area (Å²) in [5.41, 5.74) is 0.815. The van der Waals surface area contributed by atoms with Crippen molar-refractivity contribution in [2.45, 2.75) is 63.3 Å². The van der Waals surface area contributed by atoms with E-state index in [1.165, 1.54) is 0 Å². The van der Waals surface area contributed by atoms with Gasteiger partial charge in [0, 0.05) is 16.8 Å². The Morgan fingerprint density at radius 1 is 1.00 bits per heavy atom. The summed E-state index contributed by atoms with van der Waals surface area (Å²) in [5, 5.41) is 41.9. The lowest BCUT2D eigenvalue weighted by Gasteiger charge is -2.39. The van der Waals surface area contributed by atoms with Crippen LogP contribution in [-0.4, -0.2) is 57.7 Å². The lowest BCUT2D eigenvalue weighted by molar-refractivity contribution is -0.277. The van der Waals surface area contributed by atoms with Crippen LogP contribution < -0.4 is 10.4 Å². The van der Waals surface area contributed by atoms with Gasteiger partial charge in [-0.1, -0.05) is 38.0 Å². The minimum absolute atomic E-state index is 0.284. The maximum Gasteiger partial charge on any atom is 0.344 e. The molecule has 1 aliphatic heterocycles. The van der Waals surface area contributed by atoms with Crippen molar-refractivity contribution >= 4 is 21.7 Å². The van der Waals surface area contributed by atoms with Crippen LogP contribution in [0.4, 0.5) is 0 Å². The number of hydrogen-bond acceptors (Lipinski definition) is 8. The zero-order valence-electron chi connectivity index (χ0n) is 17.8. The third-order valence-corrected chi connectivity index (χ3v) is 5.93. The summed E-state index contributed by atoms with van der Waals surface area (Å²) in [6.45, 7) is 1.57. The third-order valence-electron chi connectivity index (χ3n) is 5.93. The molecule has 1 aromatic heterocycles. The molecule has 0 radical (unpaired) electrons. The predicted molar refractivity (Wildman–Crippen MR) is 118 cm³/mol. The molecule has 1 fully saturated rings. The van der Waals surface area contributed by atoms with Crippen molar-refractivity contribution in [1.82, 2.24) is 0 Å². The van der Waals surface area contributed by atoms with Crippen LogP contribution in [-0.2, 0) is 11.2 Å². The van der Waals surface area contributed by atoms with Gasteiger partial charge in [-0.05, 0) is 30.5 Å². The van der Waals surface area contributed by atoms with Crippen LogP contribution in [0.1, 0.15) is 31.7 Å². The SMILES string of the molecule is CCCCCc1cc(O[C@@H]2O[C@H](CO)[C@@H](O)[C@H](O)[C@H]2O)cc2oc(=O)c3ccccc3c12. The van der Waals surface area contributed by atoms with Gasteiger partial charge in [0.2, 0.25) is 6.29 Å². The first-order valence-electron chi connectivity index (χ1n) is 10.9. The zero-order valence-corrected chi connectivity index (χ0v) is 17.8. The predicted octanol–water partition coefficient (Wildman–Crippen LogP) is 1.86. The van der Waals surface area contributed by atoms with Crippen LogP contribution in [0.15, 0.2) is 45.6 Å². The lowest BCUT2D eigenvalue weighted by Crippen LogP contribution is -2.60. The van der Waals surface area contributed by atoms with Gasteiger partial charge in [0.05, 0.1) is 12.0 Å². The standard InChI is InChI=1S/C24H28O8/c1-2-3-4-7-13-10-14(30-24-22(28)21(27)20(26)18(12-25)32-24)11-17-19(13)15-8-5-6-9-16(15)23(29)31-17/h5-6,8-11,18,20-22,24-28H,2-4,7,12H2,1H3/t18-,20-,21+,22-,24-/m1/s1. The number of aryl methyl sites for hydroxylation is 1. The summed E-state index contributed by atoms with van der Waals surface area (Å²) >= 11 is 0. The van der Waals surface area contributed by atoms with E-state index in [-0.39, 0.29) is 5.75 Å². The van der Waals surface area contributed by atoms with Gasteiger partial charge >= 0.3 is 5.63 Å². The number of rotatable bonds is 7. The molecule has 5 atom stereocenters. The van der Waals surface area contributed by atoms with Crippen LogP contribution in [0.5, 0.6) is 5.75 Å². The van der Waals surface area contributed by atoms with E-state index in [2.05, 4.69) is 6.92 Å². The number of aliphatic hydroxyl groups excluding tert-OH is 4. The van der Waals surface area contributed by atoms with Gasteiger partial charge in [0.15, 0.2) is 0 Å². The second-order valence-electron chi connectivity index (χ2n) is 8.16. The van der Waals surface area contributed by atoms with Gasteiger partial charge in [-0.15, -0.1) is 0 Å². The molecule has 1 aliphatic rings. The number of benzene rings is 2. The maximum atomic E-state index is 12.5. The average Bonchev–Trinajstić information content (AvgIpc) is 2.79. The highest BCUT2D eigenvalue weighted by molar-refractivity contribution is 6.06. The Kier molecular flexibility index (Phi) is 6.78. The van der Waals surface area contributed by atoms with Gasteiger partial charge in [0.25, 0.3) is 0 Å². The number of aliphatic hydroxyl groups is 4. The molecular weight excluding hydrogens is 416 g/mol. The minimum Gasteiger partial charge on any atom is -0.462 e. The highest BCUT2D eigenvalue weighted by Gasteiger charge is 2.44. The topological polar surface area (TPSA) is 130 Å². The Morgan fingerprint density at radius 2 is 1.75 bits per heavy atom. The van der Waals surface area contributed by atoms with Crippen molar-refractivity contribution in [3.05, 3.63) is 52.4 Å². The van der Waals surface area contributed by atoms with E-state index >= 15 is 0 Å². The summed E-state index contributed by atoms with van der Waals surface area (Å²) in [4.78, 5) is 12.5. The summed E-state index contributed by atoms with van der Waals surface area (Å²) in [5.74, 6) is 0.284. The van der Waals surface area contributed by atoms with E-state index in [1.807, 2.05) is 18.2 Å². The van der Waals surface area contributed by atoms with Gasteiger partial charge < -0.3 is 34.3 Å². The number of hydrogen-bond donors (Lipinski definition) is 4. The lowest BCUT2D eigenvalue weighted by atomic mass is 9.98. The summed E-state index contributed by atoms with van der Waals surface area (Å²) < 4.78 is 16.9. The molecule has 4 rings (SSSR count). The highest BCUT2D eigenvalue weighted by atomic mass is 16.7. The Balaban J connectivity index is 1.77. The Bertz CT molecular complexity index is 1140. The first-order chi connectivity index (χ1) is 15.4. The summed E-state index contributed by atoms with van der Waals surface area (Å²) in [6, 6.07) is 10.6. The number of ether oxygens (including phenoxy) is 2. The molecule has 2 heterocycles. The van der Waals surface area contributed by atoms with Crippen molar-refractivity contribution in [2.75, 3.05) is 6.61 Å². The molecule has 0 bridgehead atoms. The second kappa shape index (κ2) is 9.56. The molecule has 0 amide bonds. The average molecular weight is 444 g/mol. The quantitative estimate of drug-likeness (QED) is 0.247. The van der Waals surface area contributed by atoms with Gasteiger partial charge in [-0.3, -0.25) is 0 Å². The summed E-state index contributed by atoms with van der Waals surface area (Å²) in [7, 11) is 0. The maximum absolute atomic E-state index is 12.5. The van der Waals surface area contributed by atoms with Crippen LogP contribution in [0, 0.1) is 0 Å². The molecule has 0 unspecified atom stereocenters. The van der Waals surface area contributed by atoms with Crippen LogP contribution >= 0.6 is 0 Å². The second-order valence-corrected chi connectivity index (χ2v) is 8.16. The first kappa shape index (κ1) is 22.7. The van der Waals surface area contributed by atoms with Crippen molar-refractivity contribution in [2.24, 2.45) is 0 Å². The van der Waals surface area contributed by atoms with Crippen LogP contribution in [0.2, 0.25) is 0 Å². The Morgan fingerprint density at radius 3 is 2.47 bits per heavy atom. The molecule has 32 heavy (non-hydrogen) atoms. The molecule has 4 N–H and O–H groups in total. The molecule has 0 spiro atoms. The molecule has 1 saturated heterocycles. The number of unbranched alkanes of at least 4 members (excludes halogenated alkanes) is 2. The van der Waals surface area contributed by atoms with Crippen molar-refractivity contribution in [1.29, 1.82) is 0 Å². The molecule has 0 saturated carbocycles. The molecule has 3 aromatic rings. The van der Waals surface area contributed by atoms with Crippen molar-refractivity contribution in [3.63, 3.8) is 0 Å². The van der Waals surface area contributed by atoms with E-state index in [0.29, 0.717) is 11.0 Å².